The molecule has 2 heterocycles. The normalized spacial score (nSPS) is 35.5. The SMILES string of the molecule is O=C(CN1C[C@H]2CNC[C@H]2C1)NC1CC1. The number of likely N-dealkylation sites (tertiary alicyclic amines) is 1. The molecule has 3 fully saturated rings. The molecule has 0 spiro atoms. The van der Waals surface area contributed by atoms with Crippen LogP contribution >= 0.6 is 0 Å². The Hall–Kier alpha value is -0.610. The third-order valence-corrected chi connectivity index (χ3v) is 3.77. The van der Waals surface area contributed by atoms with Crippen molar-refractivity contribution in [3.63, 3.8) is 0 Å². The maximum Gasteiger partial charge on any atom is 0.234 e. The Balaban J connectivity index is 1.45. The molecule has 2 saturated heterocycles. The van der Waals surface area contributed by atoms with E-state index in [1.807, 2.05) is 0 Å². The highest BCUT2D eigenvalue weighted by molar-refractivity contribution is 5.78. The van der Waals surface area contributed by atoms with Crippen LogP contribution in [-0.4, -0.2) is 49.6 Å². The van der Waals surface area contributed by atoms with Crippen LogP contribution in [0.2, 0.25) is 0 Å². The molecule has 4 heteroatoms. The molecular weight excluding hydrogens is 190 g/mol. The molecule has 1 aliphatic carbocycles. The quantitative estimate of drug-likeness (QED) is 0.653. The van der Waals surface area contributed by atoms with Gasteiger partial charge in [-0.2, -0.15) is 0 Å². The van der Waals surface area contributed by atoms with E-state index in [2.05, 4.69) is 15.5 Å². The van der Waals surface area contributed by atoms with E-state index in [4.69, 9.17) is 0 Å². The van der Waals surface area contributed by atoms with Crippen molar-refractivity contribution in [2.45, 2.75) is 18.9 Å². The predicted molar refractivity (Wildman–Crippen MR) is 57.5 cm³/mol. The fraction of sp³-hybridized carbons (Fsp3) is 0.909. The van der Waals surface area contributed by atoms with Gasteiger partial charge in [0.2, 0.25) is 5.91 Å². The smallest absolute Gasteiger partial charge is 0.234 e. The molecule has 4 nitrogen and oxygen atoms in total. The van der Waals surface area contributed by atoms with E-state index in [9.17, 15) is 4.79 Å². The molecule has 2 aliphatic heterocycles. The molecule has 3 aliphatic rings. The number of nitrogens with one attached hydrogen (secondary N) is 2. The lowest BCUT2D eigenvalue weighted by atomic mass is 10.0. The van der Waals surface area contributed by atoms with Gasteiger partial charge in [0.25, 0.3) is 0 Å². The molecule has 3 rings (SSSR count). The Morgan fingerprint density at radius 3 is 2.53 bits per heavy atom. The number of hydrogen-bond donors (Lipinski definition) is 2. The molecule has 0 radical (unpaired) electrons. The largest absolute Gasteiger partial charge is 0.352 e. The molecule has 1 amide bonds. The maximum absolute atomic E-state index is 11.6. The highest BCUT2D eigenvalue weighted by atomic mass is 16.2. The number of nitrogens with zero attached hydrogens (tertiary/aromatic N) is 1. The van der Waals surface area contributed by atoms with Crippen LogP contribution in [0, 0.1) is 11.8 Å². The molecule has 0 aromatic rings. The van der Waals surface area contributed by atoms with Gasteiger partial charge in [0.05, 0.1) is 6.54 Å². The van der Waals surface area contributed by atoms with Crippen LogP contribution in [0.25, 0.3) is 0 Å². The van der Waals surface area contributed by atoms with Crippen LogP contribution in [-0.2, 0) is 4.79 Å². The van der Waals surface area contributed by atoms with Gasteiger partial charge in [0.1, 0.15) is 0 Å². The third kappa shape index (κ3) is 2.16. The minimum Gasteiger partial charge on any atom is -0.352 e. The highest BCUT2D eigenvalue weighted by Gasteiger charge is 2.36. The van der Waals surface area contributed by atoms with E-state index in [0.29, 0.717) is 12.6 Å². The average molecular weight is 209 g/mol. The first kappa shape index (κ1) is 9.60. The molecule has 1 saturated carbocycles. The lowest BCUT2D eigenvalue weighted by Gasteiger charge is -2.16. The van der Waals surface area contributed by atoms with E-state index in [1.54, 1.807) is 0 Å². The third-order valence-electron chi connectivity index (χ3n) is 3.77. The second-order valence-corrected chi connectivity index (χ2v) is 5.21. The van der Waals surface area contributed by atoms with Gasteiger partial charge in [0.15, 0.2) is 0 Å². The van der Waals surface area contributed by atoms with Gasteiger partial charge in [-0.05, 0) is 37.8 Å². The molecule has 15 heavy (non-hydrogen) atoms. The summed E-state index contributed by atoms with van der Waals surface area (Å²) >= 11 is 0. The summed E-state index contributed by atoms with van der Waals surface area (Å²) in [6.45, 7) is 5.12. The van der Waals surface area contributed by atoms with Crippen molar-refractivity contribution in [2.24, 2.45) is 11.8 Å². The summed E-state index contributed by atoms with van der Waals surface area (Å²) in [5, 5.41) is 6.46. The van der Waals surface area contributed by atoms with Crippen molar-refractivity contribution in [3.05, 3.63) is 0 Å². The fourth-order valence-electron chi connectivity index (χ4n) is 2.79. The van der Waals surface area contributed by atoms with Gasteiger partial charge in [-0.3, -0.25) is 9.69 Å². The number of amides is 1. The summed E-state index contributed by atoms with van der Waals surface area (Å²) in [5.41, 5.74) is 0. The summed E-state index contributed by atoms with van der Waals surface area (Å²) < 4.78 is 0. The van der Waals surface area contributed by atoms with Gasteiger partial charge in [-0.25, -0.2) is 0 Å². The van der Waals surface area contributed by atoms with Gasteiger partial charge in [-0.1, -0.05) is 0 Å². The van der Waals surface area contributed by atoms with Crippen LogP contribution in [0.1, 0.15) is 12.8 Å². The first-order valence-electron chi connectivity index (χ1n) is 6.03. The van der Waals surface area contributed by atoms with Crippen molar-refractivity contribution in [1.29, 1.82) is 0 Å². The molecule has 0 bridgehead atoms. The minimum atomic E-state index is 0.227. The van der Waals surface area contributed by atoms with Gasteiger partial charge in [0, 0.05) is 19.1 Å². The molecule has 2 atom stereocenters. The average Bonchev–Trinajstić information content (AvgIpc) is 2.73. The summed E-state index contributed by atoms with van der Waals surface area (Å²) in [6.07, 6.45) is 2.36. The standard InChI is InChI=1S/C11H19N3O/c15-11(13-10-1-2-10)7-14-5-8-3-12-4-9(8)6-14/h8-10,12H,1-7H2,(H,13,15)/t8-,9+. The molecule has 0 aromatic carbocycles. The number of fused-ring (bicyclic) bond motifs is 1. The first-order valence-corrected chi connectivity index (χ1v) is 6.03. The second-order valence-electron chi connectivity index (χ2n) is 5.21. The Bertz CT molecular complexity index is 253. The highest BCUT2D eigenvalue weighted by Crippen LogP contribution is 2.26. The van der Waals surface area contributed by atoms with Crippen molar-refractivity contribution >= 4 is 5.91 Å². The van der Waals surface area contributed by atoms with E-state index in [1.165, 1.54) is 12.8 Å². The number of carbonyl (C=O) groups excluding carboxylic acids is 1. The zero-order valence-corrected chi connectivity index (χ0v) is 9.04. The monoisotopic (exact) mass is 209 g/mol. The number of carbonyl (C=O) groups is 1. The van der Waals surface area contributed by atoms with Crippen LogP contribution in [0.3, 0.4) is 0 Å². The van der Waals surface area contributed by atoms with E-state index in [0.717, 1.165) is 38.0 Å². The van der Waals surface area contributed by atoms with Crippen LogP contribution in [0.5, 0.6) is 0 Å². The first-order chi connectivity index (χ1) is 7.31. The lowest BCUT2D eigenvalue weighted by molar-refractivity contribution is -0.122. The Kier molecular flexibility index (Phi) is 2.41. The van der Waals surface area contributed by atoms with Gasteiger partial charge in [-0.15, -0.1) is 0 Å². The fourth-order valence-corrected chi connectivity index (χ4v) is 2.79. The molecule has 0 aromatic heterocycles. The van der Waals surface area contributed by atoms with Crippen LogP contribution < -0.4 is 10.6 Å². The lowest BCUT2D eigenvalue weighted by Crippen LogP contribution is -2.38. The van der Waals surface area contributed by atoms with Crippen LogP contribution in [0.4, 0.5) is 0 Å². The molecular formula is C11H19N3O. The van der Waals surface area contributed by atoms with E-state index in [-0.39, 0.29) is 5.91 Å². The van der Waals surface area contributed by atoms with Gasteiger partial charge >= 0.3 is 0 Å². The van der Waals surface area contributed by atoms with Crippen molar-refractivity contribution < 1.29 is 4.79 Å². The Morgan fingerprint density at radius 2 is 1.93 bits per heavy atom. The van der Waals surface area contributed by atoms with Crippen LogP contribution in [0.15, 0.2) is 0 Å². The van der Waals surface area contributed by atoms with Crippen molar-refractivity contribution in [1.82, 2.24) is 15.5 Å². The second kappa shape index (κ2) is 3.76. The van der Waals surface area contributed by atoms with Gasteiger partial charge < -0.3 is 10.6 Å². The zero-order valence-electron chi connectivity index (χ0n) is 9.04. The summed E-state index contributed by atoms with van der Waals surface area (Å²) in [5.74, 6) is 1.81. The molecule has 2 N–H and O–H groups in total. The van der Waals surface area contributed by atoms with Crippen molar-refractivity contribution in [3.8, 4) is 0 Å². The van der Waals surface area contributed by atoms with Crippen molar-refractivity contribution in [2.75, 3.05) is 32.7 Å². The number of hydrogen-bond acceptors (Lipinski definition) is 3. The Morgan fingerprint density at radius 1 is 1.27 bits per heavy atom. The Labute approximate surface area is 90.4 Å². The summed E-state index contributed by atoms with van der Waals surface area (Å²) in [4.78, 5) is 13.9. The summed E-state index contributed by atoms with van der Waals surface area (Å²) in [6, 6.07) is 0.501. The maximum atomic E-state index is 11.6. The minimum absolute atomic E-state index is 0.227. The topological polar surface area (TPSA) is 44.4 Å². The molecule has 0 unspecified atom stereocenters. The predicted octanol–water partition coefficient (Wildman–Crippen LogP) is -0.584. The molecule has 84 valence electrons. The van der Waals surface area contributed by atoms with E-state index >= 15 is 0 Å². The summed E-state index contributed by atoms with van der Waals surface area (Å²) in [7, 11) is 0. The number of rotatable bonds is 3. The zero-order chi connectivity index (χ0) is 10.3. The van der Waals surface area contributed by atoms with E-state index < -0.39 is 0 Å².